The third-order valence-corrected chi connectivity index (χ3v) is 3.93. The smallest absolute Gasteiger partial charge is 0.0998 e. The largest absolute Gasteiger partial charge is 0.323 e. The molecule has 102 valence electrons. The number of thiophene rings is 1. The monoisotopic (exact) mass is 284 g/mol. The summed E-state index contributed by atoms with van der Waals surface area (Å²) < 4.78 is 0. The van der Waals surface area contributed by atoms with E-state index in [-0.39, 0.29) is 6.04 Å². The van der Waals surface area contributed by atoms with Gasteiger partial charge < -0.3 is 5.73 Å². The minimum atomic E-state index is -0.0765. The highest BCUT2D eigenvalue weighted by atomic mass is 32.1. The first kappa shape index (κ1) is 13.0. The van der Waals surface area contributed by atoms with Crippen LogP contribution in [0.2, 0.25) is 0 Å². The summed E-state index contributed by atoms with van der Waals surface area (Å²) in [5.74, 6) is 0. The van der Waals surface area contributed by atoms with Crippen LogP contribution in [0.25, 0.3) is 5.69 Å². The molecule has 1 aromatic carbocycles. The Bertz CT molecular complexity index is 646. The van der Waals surface area contributed by atoms with E-state index in [1.165, 1.54) is 5.56 Å². The molecule has 3 aromatic rings. The minimum Gasteiger partial charge on any atom is -0.323 e. The Morgan fingerprint density at radius 3 is 2.80 bits per heavy atom. The molecule has 0 aliphatic rings. The zero-order chi connectivity index (χ0) is 13.8. The number of hydrogen-bond donors (Lipinski definition) is 1. The van der Waals surface area contributed by atoms with E-state index in [1.54, 1.807) is 22.3 Å². The van der Waals surface area contributed by atoms with Crippen molar-refractivity contribution in [1.29, 1.82) is 0 Å². The topological polar surface area (TPSA) is 56.7 Å². The Morgan fingerprint density at radius 1 is 1.20 bits per heavy atom. The second-order valence-corrected chi connectivity index (χ2v) is 5.45. The van der Waals surface area contributed by atoms with Crippen molar-refractivity contribution >= 4 is 11.3 Å². The number of nitrogens with zero attached hydrogens (tertiary/aromatic N) is 3. The molecule has 0 aliphatic carbocycles. The molecule has 1 atom stereocenters. The van der Waals surface area contributed by atoms with Crippen LogP contribution in [0.15, 0.2) is 53.4 Å². The van der Waals surface area contributed by atoms with Gasteiger partial charge in [-0.2, -0.15) is 26.3 Å². The van der Waals surface area contributed by atoms with Gasteiger partial charge in [-0.25, -0.2) is 0 Å². The highest BCUT2D eigenvalue weighted by molar-refractivity contribution is 7.07. The van der Waals surface area contributed by atoms with Crippen LogP contribution in [-0.2, 0) is 6.42 Å². The average molecular weight is 284 g/mol. The molecule has 0 bridgehead atoms. The van der Waals surface area contributed by atoms with Crippen LogP contribution in [-0.4, -0.2) is 15.0 Å². The van der Waals surface area contributed by atoms with E-state index in [9.17, 15) is 0 Å². The summed E-state index contributed by atoms with van der Waals surface area (Å²) in [5, 5.41) is 13.0. The van der Waals surface area contributed by atoms with Crippen LogP contribution in [0.5, 0.6) is 0 Å². The molecule has 1 unspecified atom stereocenters. The summed E-state index contributed by atoms with van der Waals surface area (Å²) in [4.78, 5) is 1.62. The van der Waals surface area contributed by atoms with Gasteiger partial charge in [0.25, 0.3) is 0 Å². The van der Waals surface area contributed by atoms with Gasteiger partial charge in [0.05, 0.1) is 23.6 Å². The summed E-state index contributed by atoms with van der Waals surface area (Å²) in [5.41, 5.74) is 9.31. The Balaban J connectivity index is 1.67. The summed E-state index contributed by atoms with van der Waals surface area (Å²) >= 11 is 1.72. The fourth-order valence-corrected chi connectivity index (χ4v) is 2.74. The van der Waals surface area contributed by atoms with E-state index < -0.39 is 0 Å². The molecular weight excluding hydrogens is 268 g/mol. The predicted molar refractivity (Wildman–Crippen MR) is 80.9 cm³/mol. The summed E-state index contributed by atoms with van der Waals surface area (Å²) in [6.45, 7) is 0. The van der Waals surface area contributed by atoms with Gasteiger partial charge in [0.15, 0.2) is 0 Å². The van der Waals surface area contributed by atoms with Crippen molar-refractivity contribution in [2.75, 3.05) is 0 Å². The van der Waals surface area contributed by atoms with Crippen LogP contribution in [0, 0.1) is 0 Å². The molecular formula is C15H16N4S. The first-order chi connectivity index (χ1) is 9.83. The Labute approximate surface area is 121 Å². The third-order valence-electron chi connectivity index (χ3n) is 3.20. The Hall–Kier alpha value is -1.98. The molecule has 0 saturated heterocycles. The van der Waals surface area contributed by atoms with E-state index in [0.717, 1.165) is 24.2 Å². The van der Waals surface area contributed by atoms with Crippen LogP contribution in [0.3, 0.4) is 0 Å². The van der Waals surface area contributed by atoms with Crippen LogP contribution < -0.4 is 5.73 Å². The van der Waals surface area contributed by atoms with Crippen LogP contribution in [0.4, 0.5) is 0 Å². The van der Waals surface area contributed by atoms with Gasteiger partial charge in [-0.05, 0) is 47.4 Å². The normalized spacial score (nSPS) is 12.4. The summed E-state index contributed by atoms with van der Waals surface area (Å²) in [7, 11) is 0. The number of benzene rings is 1. The van der Waals surface area contributed by atoms with Crippen molar-refractivity contribution in [2.45, 2.75) is 18.9 Å². The lowest BCUT2D eigenvalue weighted by Crippen LogP contribution is -2.12. The van der Waals surface area contributed by atoms with Crippen molar-refractivity contribution in [3.8, 4) is 5.69 Å². The average Bonchev–Trinajstić information content (AvgIpc) is 3.17. The van der Waals surface area contributed by atoms with E-state index in [2.05, 4.69) is 27.0 Å². The number of nitrogens with two attached hydrogens (primary N) is 1. The highest BCUT2D eigenvalue weighted by Crippen LogP contribution is 2.16. The van der Waals surface area contributed by atoms with Gasteiger partial charge in [-0.15, -0.1) is 0 Å². The molecule has 20 heavy (non-hydrogen) atoms. The minimum absolute atomic E-state index is 0.0765. The third kappa shape index (κ3) is 2.95. The molecule has 4 nitrogen and oxygen atoms in total. The lowest BCUT2D eigenvalue weighted by atomic mass is 10.1. The zero-order valence-corrected chi connectivity index (χ0v) is 11.8. The highest BCUT2D eigenvalue weighted by Gasteiger charge is 2.11. The molecule has 0 saturated carbocycles. The molecule has 2 heterocycles. The molecule has 5 heteroatoms. The van der Waals surface area contributed by atoms with Gasteiger partial charge in [-0.3, -0.25) is 0 Å². The first-order valence-electron chi connectivity index (χ1n) is 6.57. The lowest BCUT2D eigenvalue weighted by molar-refractivity contribution is 0.620. The number of aryl methyl sites for hydroxylation is 1. The fraction of sp³-hybridized carbons (Fsp3) is 0.200. The Morgan fingerprint density at radius 2 is 2.05 bits per heavy atom. The number of para-hydroxylation sites is 1. The number of hydrogen-bond acceptors (Lipinski definition) is 4. The van der Waals surface area contributed by atoms with Crippen molar-refractivity contribution in [1.82, 2.24) is 15.0 Å². The predicted octanol–water partition coefficient (Wildman–Crippen LogP) is 2.96. The molecule has 2 aromatic heterocycles. The molecule has 0 aliphatic heterocycles. The van der Waals surface area contributed by atoms with E-state index in [0.29, 0.717) is 0 Å². The van der Waals surface area contributed by atoms with Gasteiger partial charge in [0, 0.05) is 0 Å². The fourth-order valence-electron chi connectivity index (χ4n) is 2.04. The number of rotatable bonds is 5. The molecule has 0 spiro atoms. The van der Waals surface area contributed by atoms with E-state index >= 15 is 0 Å². The van der Waals surface area contributed by atoms with E-state index in [4.69, 9.17) is 5.73 Å². The van der Waals surface area contributed by atoms with Crippen molar-refractivity contribution in [2.24, 2.45) is 5.73 Å². The second kappa shape index (κ2) is 5.98. The van der Waals surface area contributed by atoms with Gasteiger partial charge in [-0.1, -0.05) is 18.2 Å². The van der Waals surface area contributed by atoms with E-state index in [1.807, 2.05) is 30.3 Å². The zero-order valence-electron chi connectivity index (χ0n) is 11.0. The van der Waals surface area contributed by atoms with Crippen molar-refractivity contribution in [3.63, 3.8) is 0 Å². The standard InChI is InChI=1S/C15H16N4S/c16-14(7-6-12-8-9-20-11-12)15-10-17-19(18-15)13-4-2-1-3-5-13/h1-5,8-11,14H,6-7,16H2. The van der Waals surface area contributed by atoms with Crippen molar-refractivity contribution in [3.05, 3.63) is 64.6 Å². The molecule has 3 rings (SSSR count). The maximum absolute atomic E-state index is 6.19. The maximum Gasteiger partial charge on any atom is 0.0998 e. The molecule has 0 amide bonds. The lowest BCUT2D eigenvalue weighted by Gasteiger charge is -2.06. The number of aromatic nitrogens is 3. The molecule has 0 fully saturated rings. The summed E-state index contributed by atoms with van der Waals surface area (Å²) in [6.07, 6.45) is 3.61. The van der Waals surface area contributed by atoms with Crippen LogP contribution in [0.1, 0.15) is 23.7 Å². The molecule has 0 radical (unpaired) electrons. The van der Waals surface area contributed by atoms with Gasteiger partial charge in [0.1, 0.15) is 0 Å². The van der Waals surface area contributed by atoms with Gasteiger partial charge >= 0.3 is 0 Å². The quantitative estimate of drug-likeness (QED) is 0.783. The van der Waals surface area contributed by atoms with Gasteiger partial charge in [0.2, 0.25) is 0 Å². The first-order valence-corrected chi connectivity index (χ1v) is 7.51. The van der Waals surface area contributed by atoms with Crippen molar-refractivity contribution < 1.29 is 0 Å². The van der Waals surface area contributed by atoms with Crippen LogP contribution >= 0.6 is 11.3 Å². The molecule has 2 N–H and O–H groups in total. The maximum atomic E-state index is 6.19. The SMILES string of the molecule is NC(CCc1ccsc1)c1cnn(-c2ccccc2)n1. The second-order valence-electron chi connectivity index (χ2n) is 4.67. The Kier molecular flexibility index (Phi) is 3.90. The summed E-state index contributed by atoms with van der Waals surface area (Å²) in [6, 6.07) is 11.9.